The summed E-state index contributed by atoms with van der Waals surface area (Å²) in [7, 11) is 0. The van der Waals surface area contributed by atoms with E-state index >= 15 is 0 Å². The molecule has 0 saturated carbocycles. The number of aromatic hydroxyl groups is 2. The average Bonchev–Trinajstić information content (AvgIpc) is 3.59. The van der Waals surface area contributed by atoms with Crippen molar-refractivity contribution in [3.05, 3.63) is 241 Å². The summed E-state index contributed by atoms with van der Waals surface area (Å²) in [6.45, 7) is 0. The number of hydrogen-bond donors (Lipinski definition) is 2. The zero-order valence-electron chi connectivity index (χ0n) is 32.2. The Kier molecular flexibility index (Phi) is 8.06. The molecular formula is C57H38O2. The molecule has 1 aliphatic rings. The maximum absolute atomic E-state index is 11.5. The lowest BCUT2D eigenvalue weighted by Crippen LogP contribution is -2.29. The van der Waals surface area contributed by atoms with Crippen molar-refractivity contribution in [2.75, 3.05) is 0 Å². The number of phenols is 2. The van der Waals surface area contributed by atoms with Crippen molar-refractivity contribution >= 4 is 21.5 Å². The van der Waals surface area contributed by atoms with Gasteiger partial charge in [0.2, 0.25) is 0 Å². The monoisotopic (exact) mass is 754 g/mol. The summed E-state index contributed by atoms with van der Waals surface area (Å²) in [4.78, 5) is 0. The van der Waals surface area contributed by atoms with Gasteiger partial charge in [-0.3, -0.25) is 0 Å². The molecular weight excluding hydrogens is 717 g/mol. The number of fused-ring (bicyclic) bond motifs is 5. The number of phenolic OH excluding ortho intramolecular Hbond substituents is 2. The molecule has 0 aromatic heterocycles. The predicted octanol–water partition coefficient (Wildman–Crippen LogP) is 14.4. The van der Waals surface area contributed by atoms with Crippen LogP contribution in [-0.4, -0.2) is 10.2 Å². The van der Waals surface area contributed by atoms with Gasteiger partial charge in [-0.25, -0.2) is 0 Å². The Morgan fingerprint density at radius 2 is 0.627 bits per heavy atom. The minimum Gasteiger partial charge on any atom is -0.507 e. The highest BCUT2D eigenvalue weighted by Crippen LogP contribution is 2.59. The van der Waals surface area contributed by atoms with E-state index in [1.807, 2.05) is 72.8 Å². The second kappa shape index (κ2) is 13.8. The van der Waals surface area contributed by atoms with Gasteiger partial charge in [0.25, 0.3) is 0 Å². The molecule has 0 fully saturated rings. The van der Waals surface area contributed by atoms with Gasteiger partial charge < -0.3 is 10.2 Å². The van der Waals surface area contributed by atoms with Crippen LogP contribution in [0.3, 0.4) is 0 Å². The third-order valence-corrected chi connectivity index (χ3v) is 12.3. The summed E-state index contributed by atoms with van der Waals surface area (Å²) in [5.74, 6) is 0.443. The third-order valence-electron chi connectivity index (χ3n) is 12.3. The first-order valence-electron chi connectivity index (χ1n) is 20.1. The van der Waals surface area contributed by atoms with E-state index in [4.69, 9.17) is 0 Å². The first-order chi connectivity index (χ1) is 29.0. The summed E-state index contributed by atoms with van der Waals surface area (Å²) in [5, 5.41) is 27.9. The second-order valence-corrected chi connectivity index (χ2v) is 15.6. The van der Waals surface area contributed by atoms with Gasteiger partial charge in [-0.2, -0.15) is 0 Å². The number of benzene rings is 10. The second-order valence-electron chi connectivity index (χ2n) is 15.6. The Hall–Kier alpha value is -7.68. The Morgan fingerprint density at radius 1 is 0.254 bits per heavy atom. The lowest BCUT2D eigenvalue weighted by atomic mass is 9.66. The summed E-state index contributed by atoms with van der Waals surface area (Å²) >= 11 is 0. The van der Waals surface area contributed by atoms with Crippen molar-refractivity contribution in [1.82, 2.24) is 0 Å². The summed E-state index contributed by atoms with van der Waals surface area (Å²) in [5.41, 5.74) is 13.7. The minimum atomic E-state index is -0.862. The molecule has 0 heterocycles. The lowest BCUT2D eigenvalue weighted by Gasteiger charge is -2.35. The topological polar surface area (TPSA) is 40.5 Å². The number of hydrogen-bond acceptors (Lipinski definition) is 2. The van der Waals surface area contributed by atoms with Gasteiger partial charge in [0.1, 0.15) is 11.5 Å². The van der Waals surface area contributed by atoms with Gasteiger partial charge >= 0.3 is 0 Å². The van der Waals surface area contributed by atoms with Gasteiger partial charge in [0.05, 0.1) is 5.41 Å². The highest BCUT2D eigenvalue weighted by atomic mass is 16.3. The van der Waals surface area contributed by atoms with Crippen molar-refractivity contribution in [3.63, 3.8) is 0 Å². The van der Waals surface area contributed by atoms with Crippen LogP contribution in [0.4, 0.5) is 0 Å². The molecule has 1 aliphatic carbocycles. The fourth-order valence-corrected chi connectivity index (χ4v) is 9.45. The van der Waals surface area contributed by atoms with E-state index in [0.717, 1.165) is 77.9 Å². The van der Waals surface area contributed by atoms with Crippen LogP contribution in [0.15, 0.2) is 218 Å². The summed E-state index contributed by atoms with van der Waals surface area (Å²) in [6.07, 6.45) is 0. The third kappa shape index (κ3) is 5.64. The Bertz CT molecular complexity index is 3020. The molecule has 0 amide bonds. The van der Waals surface area contributed by atoms with Crippen molar-refractivity contribution in [3.8, 4) is 67.1 Å². The first kappa shape index (κ1) is 34.6. The lowest BCUT2D eigenvalue weighted by molar-refractivity contribution is 0.477. The molecule has 0 unspecified atom stereocenters. The Morgan fingerprint density at radius 3 is 1.07 bits per heavy atom. The summed E-state index contributed by atoms with van der Waals surface area (Å²) < 4.78 is 0. The fourth-order valence-electron chi connectivity index (χ4n) is 9.45. The molecule has 278 valence electrons. The number of rotatable bonds is 6. The smallest absolute Gasteiger partial charge is 0.123 e. The van der Waals surface area contributed by atoms with E-state index in [1.165, 1.54) is 21.5 Å². The molecule has 11 rings (SSSR count). The van der Waals surface area contributed by atoms with Gasteiger partial charge in [0.15, 0.2) is 0 Å². The van der Waals surface area contributed by atoms with E-state index < -0.39 is 5.41 Å². The average molecular weight is 755 g/mol. The van der Waals surface area contributed by atoms with Crippen molar-refractivity contribution in [2.45, 2.75) is 5.41 Å². The molecule has 0 atom stereocenters. The molecule has 59 heavy (non-hydrogen) atoms. The van der Waals surface area contributed by atoms with Crippen LogP contribution in [-0.2, 0) is 5.41 Å². The van der Waals surface area contributed by atoms with Crippen LogP contribution >= 0.6 is 0 Å². The van der Waals surface area contributed by atoms with E-state index in [-0.39, 0.29) is 11.5 Å². The van der Waals surface area contributed by atoms with Crippen LogP contribution in [0, 0.1) is 0 Å². The Balaban J connectivity index is 1.24. The molecule has 0 radical (unpaired) electrons. The zero-order chi connectivity index (χ0) is 39.5. The van der Waals surface area contributed by atoms with Crippen LogP contribution in [0.5, 0.6) is 11.5 Å². The van der Waals surface area contributed by atoms with Crippen molar-refractivity contribution in [1.29, 1.82) is 0 Å². The van der Waals surface area contributed by atoms with E-state index in [9.17, 15) is 10.2 Å². The van der Waals surface area contributed by atoms with Crippen molar-refractivity contribution in [2.24, 2.45) is 0 Å². The van der Waals surface area contributed by atoms with Gasteiger partial charge in [0, 0.05) is 11.1 Å². The van der Waals surface area contributed by atoms with Crippen LogP contribution in [0.1, 0.15) is 22.3 Å². The normalized spacial score (nSPS) is 12.7. The van der Waals surface area contributed by atoms with Gasteiger partial charge in [-0.15, -0.1) is 0 Å². The molecule has 2 N–H and O–H groups in total. The van der Waals surface area contributed by atoms with Crippen LogP contribution in [0.2, 0.25) is 0 Å². The van der Waals surface area contributed by atoms with Crippen molar-refractivity contribution < 1.29 is 10.2 Å². The van der Waals surface area contributed by atoms with Crippen LogP contribution in [0.25, 0.3) is 77.2 Å². The fraction of sp³-hybridized carbons (Fsp3) is 0.0175. The van der Waals surface area contributed by atoms with Crippen LogP contribution < -0.4 is 0 Å². The molecule has 0 bridgehead atoms. The van der Waals surface area contributed by atoms with Gasteiger partial charge in [-0.1, -0.05) is 170 Å². The molecule has 2 nitrogen and oxygen atoms in total. The molecule has 10 aromatic carbocycles. The molecule has 10 aromatic rings. The predicted molar refractivity (Wildman–Crippen MR) is 244 cm³/mol. The highest BCUT2D eigenvalue weighted by Gasteiger charge is 2.47. The first-order valence-corrected chi connectivity index (χ1v) is 20.1. The minimum absolute atomic E-state index is 0.221. The van der Waals surface area contributed by atoms with E-state index in [0.29, 0.717) is 0 Å². The SMILES string of the molecule is Oc1ccc(C2(c3ccc(O)c(-c4ccccc4)c3)c3cc(-c4ccc5ccccc5c4)ccc3-c3ccc(-c4ccc5ccccc5c4)cc32)cc1-c1ccccc1. The Labute approximate surface area is 343 Å². The highest BCUT2D eigenvalue weighted by molar-refractivity contribution is 5.94. The standard InChI is InChI=1S/C57H38O2/c58-55-29-25-47(35-51(55)39-13-3-1-4-14-39)57(48-26-30-56(59)52(36-48)40-15-5-2-6-16-40)53-33-45(43-21-19-37-11-7-9-17-41(37)31-43)23-27-49(53)50-28-24-46(34-54(50)57)44-22-20-38-12-8-10-18-42(38)32-44/h1-36,58-59H. The summed E-state index contributed by atoms with van der Waals surface area (Å²) in [6, 6.07) is 76.6. The maximum Gasteiger partial charge on any atom is 0.123 e. The molecule has 2 heteroatoms. The maximum atomic E-state index is 11.5. The molecule has 0 aliphatic heterocycles. The van der Waals surface area contributed by atoms with E-state index in [2.05, 4.69) is 146 Å². The zero-order valence-corrected chi connectivity index (χ0v) is 32.2. The van der Waals surface area contributed by atoms with E-state index in [1.54, 1.807) is 0 Å². The molecule has 0 saturated heterocycles. The quantitative estimate of drug-likeness (QED) is 0.177. The van der Waals surface area contributed by atoms with Gasteiger partial charge in [-0.05, 0) is 137 Å². The molecule has 0 spiro atoms. The largest absolute Gasteiger partial charge is 0.507 e.